The molecule has 0 saturated heterocycles. The number of hydrogen-bond acceptors (Lipinski definition) is 7. The second kappa shape index (κ2) is 7.88. The number of hydrogen-bond donors (Lipinski definition) is 6. The second-order valence-electron chi connectivity index (χ2n) is 4.25. The Bertz CT molecular complexity index is 416. The smallest absolute Gasteiger partial charge is 0.251 e. The number of amides is 1. The lowest BCUT2D eigenvalue weighted by Crippen LogP contribution is -2.51. The summed E-state index contributed by atoms with van der Waals surface area (Å²) < 4.78 is 0. The van der Waals surface area contributed by atoms with E-state index in [1.54, 1.807) is 12.1 Å². The molecule has 0 bridgehead atoms. The predicted octanol–water partition coefficient (Wildman–Crippen LogP) is -2.87. The number of aliphatic hydroxyl groups is 5. The van der Waals surface area contributed by atoms with Crippen LogP contribution in [-0.2, 0) is 11.3 Å². The van der Waals surface area contributed by atoms with E-state index >= 15 is 0 Å². The highest BCUT2D eigenvalue weighted by Crippen LogP contribution is 2.06. The molecule has 0 aliphatic rings. The van der Waals surface area contributed by atoms with Gasteiger partial charge >= 0.3 is 0 Å². The fourth-order valence-electron chi connectivity index (χ4n) is 1.47. The second-order valence-corrected chi connectivity index (χ2v) is 4.25. The van der Waals surface area contributed by atoms with Crippen molar-refractivity contribution in [3.8, 4) is 0 Å². The van der Waals surface area contributed by atoms with Gasteiger partial charge in [-0.2, -0.15) is 0 Å². The van der Waals surface area contributed by atoms with Crippen LogP contribution in [0.2, 0.25) is 0 Å². The van der Waals surface area contributed by atoms with Crippen LogP contribution in [0.25, 0.3) is 0 Å². The van der Waals surface area contributed by atoms with Crippen LogP contribution in [0.1, 0.15) is 5.56 Å². The van der Waals surface area contributed by atoms with E-state index in [4.69, 9.17) is 10.2 Å². The van der Waals surface area contributed by atoms with E-state index in [1.165, 1.54) is 12.4 Å². The van der Waals surface area contributed by atoms with E-state index in [-0.39, 0.29) is 6.54 Å². The molecule has 1 aromatic rings. The van der Waals surface area contributed by atoms with Crippen LogP contribution in [0.5, 0.6) is 0 Å². The van der Waals surface area contributed by atoms with Crippen molar-refractivity contribution in [2.75, 3.05) is 6.61 Å². The third-order valence-corrected chi connectivity index (χ3v) is 2.74. The number of pyridine rings is 1. The molecule has 0 aliphatic carbocycles. The van der Waals surface area contributed by atoms with Gasteiger partial charge in [0.2, 0.25) is 0 Å². The summed E-state index contributed by atoms with van der Waals surface area (Å²) in [5.74, 6) is -0.904. The number of aromatic nitrogens is 1. The predicted molar refractivity (Wildman–Crippen MR) is 67.2 cm³/mol. The van der Waals surface area contributed by atoms with Crippen molar-refractivity contribution < 1.29 is 30.3 Å². The summed E-state index contributed by atoms with van der Waals surface area (Å²) in [6, 6.07) is 3.32. The Balaban J connectivity index is 2.50. The average Bonchev–Trinajstić information content (AvgIpc) is 2.50. The molecule has 0 unspecified atom stereocenters. The fourth-order valence-corrected chi connectivity index (χ4v) is 1.47. The van der Waals surface area contributed by atoms with Gasteiger partial charge in [0.25, 0.3) is 5.91 Å². The summed E-state index contributed by atoms with van der Waals surface area (Å²) in [6.07, 6.45) is -4.24. The van der Waals surface area contributed by atoms with Crippen molar-refractivity contribution in [3.05, 3.63) is 30.1 Å². The SMILES string of the molecule is O=C(NCc1ccncc1)[C@@H](O)[C@H](O)[C@@H](O)[C@@H](O)CO. The lowest BCUT2D eigenvalue weighted by molar-refractivity contribution is -0.149. The maximum Gasteiger partial charge on any atom is 0.251 e. The van der Waals surface area contributed by atoms with E-state index in [1.807, 2.05) is 0 Å². The lowest BCUT2D eigenvalue weighted by Gasteiger charge is -2.24. The molecule has 1 heterocycles. The number of nitrogens with zero attached hydrogens (tertiary/aromatic N) is 1. The molecular formula is C12H18N2O6. The van der Waals surface area contributed by atoms with E-state index in [9.17, 15) is 20.1 Å². The topological polar surface area (TPSA) is 143 Å². The summed E-state index contributed by atoms with van der Waals surface area (Å²) in [5.41, 5.74) is 0.742. The summed E-state index contributed by atoms with van der Waals surface area (Å²) in [4.78, 5) is 15.4. The largest absolute Gasteiger partial charge is 0.394 e. The molecule has 8 heteroatoms. The van der Waals surface area contributed by atoms with E-state index in [2.05, 4.69) is 10.3 Å². The first-order valence-corrected chi connectivity index (χ1v) is 5.97. The Morgan fingerprint density at radius 3 is 2.30 bits per heavy atom. The van der Waals surface area contributed by atoms with Crippen LogP contribution in [0.3, 0.4) is 0 Å². The van der Waals surface area contributed by atoms with Crippen molar-refractivity contribution in [2.45, 2.75) is 31.0 Å². The first-order chi connectivity index (χ1) is 9.47. The zero-order chi connectivity index (χ0) is 15.1. The minimum Gasteiger partial charge on any atom is -0.394 e. The van der Waals surface area contributed by atoms with Crippen LogP contribution < -0.4 is 5.32 Å². The Hall–Kier alpha value is -1.58. The number of carbonyl (C=O) groups excluding carboxylic acids is 1. The lowest BCUT2D eigenvalue weighted by atomic mass is 10.0. The van der Waals surface area contributed by atoms with Crippen LogP contribution in [0.4, 0.5) is 0 Å². The van der Waals surface area contributed by atoms with Crippen molar-refractivity contribution in [3.63, 3.8) is 0 Å². The van der Waals surface area contributed by atoms with Gasteiger partial charge in [-0.15, -0.1) is 0 Å². The molecule has 0 fully saturated rings. The third kappa shape index (κ3) is 4.51. The summed E-state index contributed by atoms with van der Waals surface area (Å²) in [7, 11) is 0. The molecule has 8 nitrogen and oxygen atoms in total. The van der Waals surface area contributed by atoms with Gasteiger partial charge in [-0.05, 0) is 17.7 Å². The molecule has 0 saturated carbocycles. The average molecular weight is 286 g/mol. The van der Waals surface area contributed by atoms with E-state index in [0.717, 1.165) is 5.56 Å². The van der Waals surface area contributed by atoms with Crippen LogP contribution >= 0.6 is 0 Å². The molecule has 6 N–H and O–H groups in total. The van der Waals surface area contributed by atoms with Gasteiger partial charge in [-0.3, -0.25) is 9.78 Å². The normalized spacial score (nSPS) is 17.1. The van der Waals surface area contributed by atoms with Crippen LogP contribution in [-0.4, -0.2) is 67.4 Å². The Morgan fingerprint density at radius 1 is 1.15 bits per heavy atom. The molecule has 0 aromatic carbocycles. The van der Waals surface area contributed by atoms with Gasteiger partial charge in [0.15, 0.2) is 6.10 Å². The quantitative estimate of drug-likeness (QED) is 0.316. The van der Waals surface area contributed by atoms with Crippen molar-refractivity contribution in [1.82, 2.24) is 10.3 Å². The molecule has 0 aliphatic heterocycles. The number of nitrogens with one attached hydrogen (secondary N) is 1. The highest BCUT2D eigenvalue weighted by molar-refractivity contribution is 5.81. The van der Waals surface area contributed by atoms with E-state index < -0.39 is 36.9 Å². The fraction of sp³-hybridized carbons (Fsp3) is 0.500. The van der Waals surface area contributed by atoms with Gasteiger partial charge in [0.1, 0.15) is 18.3 Å². The highest BCUT2D eigenvalue weighted by Gasteiger charge is 2.33. The first-order valence-electron chi connectivity index (χ1n) is 5.97. The highest BCUT2D eigenvalue weighted by atomic mass is 16.4. The molecule has 1 aromatic heterocycles. The van der Waals surface area contributed by atoms with Gasteiger partial charge in [-0.25, -0.2) is 0 Å². The third-order valence-electron chi connectivity index (χ3n) is 2.74. The maximum absolute atomic E-state index is 11.6. The van der Waals surface area contributed by atoms with Gasteiger partial charge in [0, 0.05) is 18.9 Å². The summed E-state index contributed by atoms with van der Waals surface area (Å²) >= 11 is 0. The molecule has 1 rings (SSSR count). The minimum atomic E-state index is -1.92. The van der Waals surface area contributed by atoms with Crippen LogP contribution in [0.15, 0.2) is 24.5 Å². The van der Waals surface area contributed by atoms with Crippen molar-refractivity contribution >= 4 is 5.91 Å². The number of carbonyl (C=O) groups is 1. The molecule has 0 radical (unpaired) electrons. The summed E-state index contributed by atoms with van der Waals surface area (Å²) in [5, 5.41) is 48.6. The monoisotopic (exact) mass is 286 g/mol. The standard InChI is InChI=1S/C12H18N2O6/c15-6-8(16)9(17)10(18)11(19)12(20)14-5-7-1-3-13-4-2-7/h1-4,8-11,15-19H,5-6H2,(H,14,20)/t8-,9-,10+,11-/m0/s1. The molecule has 4 atom stereocenters. The Kier molecular flexibility index (Phi) is 6.49. The van der Waals surface area contributed by atoms with Gasteiger partial charge < -0.3 is 30.8 Å². The van der Waals surface area contributed by atoms with Crippen molar-refractivity contribution in [1.29, 1.82) is 0 Å². The Labute approximate surface area is 115 Å². The molecule has 0 spiro atoms. The zero-order valence-electron chi connectivity index (χ0n) is 10.6. The van der Waals surface area contributed by atoms with Gasteiger partial charge in [0.05, 0.1) is 6.61 Å². The Morgan fingerprint density at radius 2 is 1.75 bits per heavy atom. The minimum absolute atomic E-state index is 0.115. The maximum atomic E-state index is 11.6. The number of aliphatic hydroxyl groups excluding tert-OH is 5. The van der Waals surface area contributed by atoms with Crippen molar-refractivity contribution in [2.24, 2.45) is 0 Å². The molecule has 20 heavy (non-hydrogen) atoms. The summed E-state index contributed by atoms with van der Waals surface area (Å²) in [6.45, 7) is -0.687. The van der Waals surface area contributed by atoms with E-state index in [0.29, 0.717) is 0 Å². The van der Waals surface area contributed by atoms with Crippen LogP contribution in [0, 0.1) is 0 Å². The van der Waals surface area contributed by atoms with Gasteiger partial charge in [-0.1, -0.05) is 0 Å². The molecular weight excluding hydrogens is 268 g/mol. The molecule has 1 amide bonds. The zero-order valence-corrected chi connectivity index (χ0v) is 10.6. The number of rotatable bonds is 7. The first kappa shape index (κ1) is 16.5. The molecule has 112 valence electrons.